The van der Waals surface area contributed by atoms with Gasteiger partial charge in [-0.1, -0.05) is 220 Å². The van der Waals surface area contributed by atoms with Gasteiger partial charge in [0.05, 0.1) is 38.7 Å². The number of rotatable bonds is 46. The summed E-state index contributed by atoms with van der Waals surface area (Å²) in [5.41, 5.74) is 0. The topological polar surface area (TPSA) is 94.2 Å². The van der Waals surface area contributed by atoms with E-state index >= 15 is 0 Å². The van der Waals surface area contributed by atoms with E-state index in [0.717, 1.165) is 71.0 Å². The number of carbonyl (C=O) groups is 3. The van der Waals surface area contributed by atoms with Crippen LogP contribution >= 0.6 is 0 Å². The largest absolute Gasteiger partial charge is 0.466 e. The third-order valence-corrected chi connectivity index (χ3v) is 11.7. The minimum absolute atomic E-state index is 0.0793. The van der Waals surface area contributed by atoms with Crippen molar-refractivity contribution >= 4 is 18.0 Å². The third kappa shape index (κ3) is 42.3. The summed E-state index contributed by atoms with van der Waals surface area (Å²) in [6.07, 6.45) is 42.4. The molecule has 0 bridgehead atoms. The predicted octanol–water partition coefficient (Wildman–Crippen LogP) is 14.6. The van der Waals surface area contributed by atoms with Crippen LogP contribution < -0.4 is 5.32 Å². The van der Waals surface area contributed by atoms with Crippen LogP contribution in [0.25, 0.3) is 0 Å². The van der Waals surface area contributed by atoms with Crippen molar-refractivity contribution in [1.29, 1.82) is 0 Å². The highest BCUT2D eigenvalue weighted by Gasteiger charge is 2.22. The van der Waals surface area contributed by atoms with Crippen molar-refractivity contribution in [3.63, 3.8) is 0 Å². The van der Waals surface area contributed by atoms with Crippen LogP contribution in [0.5, 0.6) is 0 Å². The lowest BCUT2D eigenvalue weighted by Gasteiger charge is -2.19. The van der Waals surface area contributed by atoms with Crippen LogP contribution in [0.2, 0.25) is 0 Å². The molecule has 0 fully saturated rings. The Hall–Kier alpha value is -1.83. The molecule has 0 saturated heterocycles. The van der Waals surface area contributed by atoms with E-state index in [9.17, 15) is 14.4 Å². The highest BCUT2D eigenvalue weighted by molar-refractivity contribution is 5.76. The first kappa shape index (κ1) is 56.2. The first-order valence-corrected chi connectivity index (χ1v) is 25.4. The Labute approximate surface area is 360 Å². The van der Waals surface area contributed by atoms with Gasteiger partial charge >= 0.3 is 18.0 Å². The van der Waals surface area contributed by atoms with Gasteiger partial charge in [-0.2, -0.15) is 0 Å². The summed E-state index contributed by atoms with van der Waals surface area (Å²) in [6.45, 7) is 12.8. The highest BCUT2D eigenvalue weighted by atomic mass is 16.6. The number of alkyl carbamates (subject to hydrolysis) is 1. The van der Waals surface area contributed by atoms with Gasteiger partial charge in [0.2, 0.25) is 0 Å². The predicted molar refractivity (Wildman–Crippen MR) is 246 cm³/mol. The quantitative estimate of drug-likeness (QED) is 0.0371. The molecule has 58 heavy (non-hydrogen) atoms. The molecular weight excluding hydrogens is 725 g/mol. The molecule has 0 aromatic rings. The van der Waals surface area contributed by atoms with Gasteiger partial charge in [-0.3, -0.25) is 9.59 Å². The van der Waals surface area contributed by atoms with Gasteiger partial charge < -0.3 is 24.4 Å². The Morgan fingerprint density at radius 2 is 0.655 bits per heavy atom. The molecule has 0 aliphatic heterocycles. The van der Waals surface area contributed by atoms with Crippen molar-refractivity contribution in [3.05, 3.63) is 0 Å². The van der Waals surface area contributed by atoms with Crippen LogP contribution in [0, 0.1) is 0 Å². The zero-order valence-electron chi connectivity index (χ0n) is 39.2. The lowest BCUT2D eigenvalue weighted by molar-refractivity contribution is -0.146. The minimum Gasteiger partial charge on any atom is -0.466 e. The van der Waals surface area contributed by atoms with Crippen molar-refractivity contribution in [2.24, 2.45) is 0 Å². The van der Waals surface area contributed by atoms with E-state index in [1.807, 2.05) is 0 Å². The van der Waals surface area contributed by atoms with Crippen LogP contribution in [-0.4, -0.2) is 68.4 Å². The highest BCUT2D eigenvalue weighted by Crippen LogP contribution is 2.16. The van der Waals surface area contributed by atoms with Crippen LogP contribution in [0.4, 0.5) is 4.79 Å². The van der Waals surface area contributed by atoms with Gasteiger partial charge in [0.15, 0.2) is 0 Å². The van der Waals surface area contributed by atoms with Gasteiger partial charge in [0.1, 0.15) is 0 Å². The SMILES string of the molecule is CCCCCCCCCCCCCCCCCCOC(=O)CC(CC(=O)OCCCCCCCCCCCCCCCCCC)NC(=O)OCCCCN(CC)CC. The standard InChI is InChI=1S/C50H98N2O6/c1-5-9-11-13-15-17-19-21-23-25-27-29-31-33-35-38-42-56-48(53)45-47(51-50(55)58-44-40-37-41-52(7-3)8-4)46-49(54)57-43-39-36-34-32-30-28-26-24-22-20-18-16-14-12-10-6-2/h47H,5-46H2,1-4H3,(H,51,55). The number of carbonyl (C=O) groups excluding carboxylic acids is 3. The second-order valence-corrected chi connectivity index (χ2v) is 17.2. The number of hydrogen-bond donors (Lipinski definition) is 1. The summed E-state index contributed by atoms with van der Waals surface area (Å²) in [7, 11) is 0. The van der Waals surface area contributed by atoms with Gasteiger partial charge in [0.25, 0.3) is 0 Å². The first-order valence-electron chi connectivity index (χ1n) is 25.4. The van der Waals surface area contributed by atoms with E-state index < -0.39 is 24.1 Å². The van der Waals surface area contributed by atoms with E-state index in [2.05, 4.69) is 37.9 Å². The summed E-state index contributed by atoms with van der Waals surface area (Å²) in [4.78, 5) is 40.5. The average Bonchev–Trinajstić information content (AvgIpc) is 3.21. The molecule has 0 radical (unpaired) electrons. The summed E-state index contributed by atoms with van der Waals surface area (Å²) in [5.74, 6) is -0.813. The van der Waals surface area contributed by atoms with Crippen molar-refractivity contribution in [3.8, 4) is 0 Å². The smallest absolute Gasteiger partial charge is 0.407 e. The summed E-state index contributed by atoms with van der Waals surface area (Å²) < 4.78 is 16.4. The second kappa shape index (κ2) is 46.2. The molecule has 0 unspecified atom stereocenters. The molecule has 0 heterocycles. The third-order valence-electron chi connectivity index (χ3n) is 11.7. The normalized spacial score (nSPS) is 11.4. The molecule has 0 saturated carbocycles. The van der Waals surface area contributed by atoms with Crippen molar-refractivity contribution in [2.45, 2.75) is 265 Å². The molecule has 8 nitrogen and oxygen atoms in total. The van der Waals surface area contributed by atoms with Crippen molar-refractivity contribution < 1.29 is 28.6 Å². The number of hydrogen-bond acceptors (Lipinski definition) is 7. The van der Waals surface area contributed by atoms with Gasteiger partial charge in [-0.15, -0.1) is 0 Å². The monoisotopic (exact) mass is 823 g/mol. The van der Waals surface area contributed by atoms with Crippen molar-refractivity contribution in [2.75, 3.05) is 39.5 Å². The number of esters is 2. The van der Waals surface area contributed by atoms with Crippen LogP contribution in [0.1, 0.15) is 259 Å². The summed E-state index contributed by atoms with van der Waals surface area (Å²) in [5, 5.41) is 2.74. The fraction of sp³-hybridized carbons (Fsp3) is 0.940. The Morgan fingerprint density at radius 3 is 0.966 bits per heavy atom. The molecule has 0 atom stereocenters. The summed E-state index contributed by atoms with van der Waals surface area (Å²) in [6, 6.07) is -0.722. The van der Waals surface area contributed by atoms with Gasteiger partial charge in [-0.25, -0.2) is 4.79 Å². The Balaban J connectivity index is 4.23. The molecule has 344 valence electrons. The van der Waals surface area contributed by atoms with Crippen LogP contribution in [0.15, 0.2) is 0 Å². The van der Waals surface area contributed by atoms with Crippen molar-refractivity contribution in [1.82, 2.24) is 10.2 Å². The maximum Gasteiger partial charge on any atom is 0.407 e. The number of nitrogens with one attached hydrogen (secondary N) is 1. The zero-order chi connectivity index (χ0) is 42.4. The molecule has 1 N–H and O–H groups in total. The lowest BCUT2D eigenvalue weighted by atomic mass is 10.0. The first-order chi connectivity index (χ1) is 28.5. The van der Waals surface area contributed by atoms with Gasteiger partial charge in [-0.05, 0) is 45.3 Å². The zero-order valence-corrected chi connectivity index (χ0v) is 39.2. The fourth-order valence-electron chi connectivity index (χ4n) is 7.72. The molecule has 1 amide bonds. The maximum atomic E-state index is 12.8. The Morgan fingerprint density at radius 1 is 0.379 bits per heavy atom. The molecule has 0 aromatic carbocycles. The number of amides is 1. The lowest BCUT2D eigenvalue weighted by Crippen LogP contribution is -2.39. The molecule has 0 rings (SSSR count). The second-order valence-electron chi connectivity index (χ2n) is 17.2. The Kier molecular flexibility index (Phi) is 44.8. The number of nitrogens with zero attached hydrogens (tertiary/aromatic N) is 1. The molecule has 0 aromatic heterocycles. The van der Waals surface area contributed by atoms with Gasteiger partial charge in [0, 0.05) is 0 Å². The number of ether oxygens (including phenoxy) is 3. The Bertz CT molecular complexity index is 830. The van der Waals surface area contributed by atoms with E-state index in [1.165, 1.54) is 167 Å². The molecule has 0 spiro atoms. The average molecular weight is 823 g/mol. The summed E-state index contributed by atoms with van der Waals surface area (Å²) >= 11 is 0. The van der Waals surface area contributed by atoms with E-state index in [4.69, 9.17) is 14.2 Å². The van der Waals surface area contributed by atoms with E-state index in [-0.39, 0.29) is 12.8 Å². The molecule has 0 aliphatic rings. The minimum atomic E-state index is -0.722. The molecule has 0 aliphatic carbocycles. The van der Waals surface area contributed by atoms with Crippen LogP contribution in [-0.2, 0) is 23.8 Å². The van der Waals surface area contributed by atoms with E-state index in [0.29, 0.717) is 19.8 Å². The fourth-order valence-corrected chi connectivity index (χ4v) is 7.72. The molecule has 8 heteroatoms. The maximum absolute atomic E-state index is 12.8. The number of unbranched alkanes of at least 4 members (excludes halogenated alkanes) is 31. The van der Waals surface area contributed by atoms with Crippen LogP contribution in [0.3, 0.4) is 0 Å². The molecular formula is C50H98N2O6. The van der Waals surface area contributed by atoms with E-state index in [1.54, 1.807) is 0 Å².